The number of hydrogen-bond donors (Lipinski definition) is 2. The van der Waals surface area contributed by atoms with Crippen molar-refractivity contribution in [2.24, 2.45) is 0 Å². The van der Waals surface area contributed by atoms with Gasteiger partial charge in [0, 0.05) is 27.1 Å². The summed E-state index contributed by atoms with van der Waals surface area (Å²) in [7, 11) is 0. The van der Waals surface area contributed by atoms with Gasteiger partial charge in [-0.3, -0.25) is 9.59 Å². The predicted molar refractivity (Wildman–Crippen MR) is 128 cm³/mol. The number of aromatic nitrogens is 1. The molecule has 1 aromatic heterocycles. The molecule has 0 spiro atoms. The Hall–Kier alpha value is -3.42. The lowest BCUT2D eigenvalue weighted by molar-refractivity contribution is -0.113. The Bertz CT molecular complexity index is 1160. The monoisotopic (exact) mass is 445 g/mol. The van der Waals surface area contributed by atoms with Gasteiger partial charge in [-0.25, -0.2) is 4.98 Å². The summed E-state index contributed by atoms with van der Waals surface area (Å²) in [6, 6.07) is 26.3. The van der Waals surface area contributed by atoms with E-state index in [0.29, 0.717) is 16.4 Å². The molecule has 2 amide bonds. The first kappa shape index (κ1) is 20.8. The minimum absolute atomic E-state index is 0.111. The lowest BCUT2D eigenvalue weighted by Gasteiger charge is -2.07. The Morgan fingerprint density at radius 2 is 1.52 bits per heavy atom. The standard InChI is InChI=1S/C24H19N3O2S2/c28-22(27-24-26-21(15-31-24)17-7-3-1-4-8-17)16-30-20-13-11-19(12-14-20)25-23(29)18-9-5-2-6-10-18/h1-15H,16H2,(H,25,29)(H,26,27,28). The smallest absolute Gasteiger partial charge is 0.255 e. The largest absolute Gasteiger partial charge is 0.322 e. The van der Waals surface area contributed by atoms with Gasteiger partial charge in [0.2, 0.25) is 5.91 Å². The molecule has 0 fully saturated rings. The van der Waals surface area contributed by atoms with E-state index in [1.807, 2.05) is 78.2 Å². The number of carbonyl (C=O) groups is 2. The minimum atomic E-state index is -0.154. The summed E-state index contributed by atoms with van der Waals surface area (Å²) in [6.07, 6.45) is 0. The molecule has 0 saturated carbocycles. The highest BCUT2D eigenvalue weighted by molar-refractivity contribution is 8.00. The van der Waals surface area contributed by atoms with E-state index in [4.69, 9.17) is 0 Å². The van der Waals surface area contributed by atoms with Crippen LogP contribution in [0, 0.1) is 0 Å². The second-order valence-electron chi connectivity index (χ2n) is 6.59. The highest BCUT2D eigenvalue weighted by Crippen LogP contribution is 2.25. The number of thioether (sulfide) groups is 1. The number of amides is 2. The second-order valence-corrected chi connectivity index (χ2v) is 8.49. The van der Waals surface area contributed by atoms with Crippen molar-refractivity contribution in [1.29, 1.82) is 0 Å². The van der Waals surface area contributed by atoms with Crippen molar-refractivity contribution in [3.63, 3.8) is 0 Å². The summed E-state index contributed by atoms with van der Waals surface area (Å²) < 4.78 is 0. The first-order chi connectivity index (χ1) is 15.2. The van der Waals surface area contributed by atoms with E-state index in [9.17, 15) is 9.59 Å². The van der Waals surface area contributed by atoms with Gasteiger partial charge in [0.25, 0.3) is 5.91 Å². The number of anilines is 2. The Morgan fingerprint density at radius 3 is 2.23 bits per heavy atom. The van der Waals surface area contributed by atoms with Crippen molar-refractivity contribution >= 4 is 45.7 Å². The normalized spacial score (nSPS) is 10.5. The number of rotatable bonds is 7. The average Bonchev–Trinajstić information content (AvgIpc) is 3.28. The van der Waals surface area contributed by atoms with E-state index >= 15 is 0 Å². The topological polar surface area (TPSA) is 71.1 Å². The third-order valence-electron chi connectivity index (χ3n) is 4.34. The number of carbonyl (C=O) groups excluding carboxylic acids is 2. The van der Waals surface area contributed by atoms with E-state index < -0.39 is 0 Å². The van der Waals surface area contributed by atoms with Crippen LogP contribution in [0.3, 0.4) is 0 Å². The van der Waals surface area contributed by atoms with Crippen LogP contribution in [0.1, 0.15) is 10.4 Å². The van der Waals surface area contributed by atoms with Crippen molar-refractivity contribution in [1.82, 2.24) is 4.98 Å². The van der Waals surface area contributed by atoms with Crippen LogP contribution in [-0.2, 0) is 4.79 Å². The van der Waals surface area contributed by atoms with Gasteiger partial charge >= 0.3 is 0 Å². The molecule has 0 saturated heterocycles. The maximum atomic E-state index is 12.3. The molecule has 5 nitrogen and oxygen atoms in total. The average molecular weight is 446 g/mol. The number of nitrogens with one attached hydrogen (secondary N) is 2. The Labute approximate surface area is 188 Å². The van der Waals surface area contributed by atoms with E-state index in [0.717, 1.165) is 16.2 Å². The molecule has 3 aromatic carbocycles. The number of thiazole rings is 1. The van der Waals surface area contributed by atoms with Crippen LogP contribution in [-0.4, -0.2) is 22.6 Å². The van der Waals surface area contributed by atoms with Crippen LogP contribution in [0.5, 0.6) is 0 Å². The van der Waals surface area contributed by atoms with Crippen LogP contribution in [0.15, 0.2) is 95.2 Å². The van der Waals surface area contributed by atoms with Gasteiger partial charge in [0.1, 0.15) is 0 Å². The Morgan fingerprint density at radius 1 is 0.839 bits per heavy atom. The summed E-state index contributed by atoms with van der Waals surface area (Å²) in [5, 5.41) is 8.23. The fourth-order valence-corrected chi connectivity index (χ4v) is 4.24. The third kappa shape index (κ3) is 5.81. The van der Waals surface area contributed by atoms with Crippen molar-refractivity contribution < 1.29 is 9.59 Å². The first-order valence-corrected chi connectivity index (χ1v) is 11.4. The molecule has 4 aromatic rings. The van der Waals surface area contributed by atoms with Crippen LogP contribution >= 0.6 is 23.1 Å². The fraction of sp³-hybridized carbons (Fsp3) is 0.0417. The molecule has 0 unspecified atom stereocenters. The van der Waals surface area contributed by atoms with Crippen LogP contribution < -0.4 is 10.6 Å². The van der Waals surface area contributed by atoms with Crippen LogP contribution in [0.4, 0.5) is 10.8 Å². The molecule has 4 rings (SSSR count). The van der Waals surface area contributed by atoms with Crippen molar-refractivity contribution in [2.75, 3.05) is 16.4 Å². The fourth-order valence-electron chi connectivity index (χ4n) is 2.80. The van der Waals surface area contributed by atoms with Crippen molar-refractivity contribution in [3.8, 4) is 11.3 Å². The van der Waals surface area contributed by atoms with Gasteiger partial charge in [-0.1, -0.05) is 48.5 Å². The van der Waals surface area contributed by atoms with Gasteiger partial charge in [0.15, 0.2) is 5.13 Å². The van der Waals surface area contributed by atoms with Crippen molar-refractivity contribution in [3.05, 3.63) is 95.9 Å². The summed E-state index contributed by atoms with van der Waals surface area (Å²) in [6.45, 7) is 0. The number of benzene rings is 3. The summed E-state index contributed by atoms with van der Waals surface area (Å²) in [4.78, 5) is 29.9. The lowest BCUT2D eigenvalue weighted by atomic mass is 10.2. The molecular weight excluding hydrogens is 426 g/mol. The molecular formula is C24H19N3O2S2. The van der Waals surface area contributed by atoms with Gasteiger partial charge in [0.05, 0.1) is 11.4 Å². The maximum absolute atomic E-state index is 12.3. The highest BCUT2D eigenvalue weighted by atomic mass is 32.2. The highest BCUT2D eigenvalue weighted by Gasteiger charge is 2.09. The maximum Gasteiger partial charge on any atom is 0.255 e. The number of nitrogens with zero attached hydrogens (tertiary/aromatic N) is 1. The molecule has 31 heavy (non-hydrogen) atoms. The molecule has 0 aliphatic heterocycles. The second kappa shape index (κ2) is 10.1. The lowest BCUT2D eigenvalue weighted by Crippen LogP contribution is -2.13. The predicted octanol–water partition coefficient (Wildman–Crippen LogP) is 5.79. The zero-order chi connectivity index (χ0) is 21.5. The van der Waals surface area contributed by atoms with Gasteiger partial charge in [-0.05, 0) is 36.4 Å². The van der Waals surface area contributed by atoms with Crippen molar-refractivity contribution in [2.45, 2.75) is 4.90 Å². The minimum Gasteiger partial charge on any atom is -0.322 e. The Kier molecular flexibility index (Phi) is 6.76. The van der Waals surface area contributed by atoms with E-state index in [1.54, 1.807) is 12.1 Å². The molecule has 0 aliphatic carbocycles. The zero-order valence-corrected chi connectivity index (χ0v) is 18.1. The SMILES string of the molecule is O=C(CSc1ccc(NC(=O)c2ccccc2)cc1)Nc1nc(-c2ccccc2)cs1. The quantitative estimate of drug-likeness (QED) is 0.353. The zero-order valence-electron chi connectivity index (χ0n) is 16.4. The first-order valence-electron chi connectivity index (χ1n) is 9.57. The van der Waals surface area contributed by atoms with Gasteiger partial charge in [-0.15, -0.1) is 23.1 Å². The van der Waals surface area contributed by atoms with E-state index in [2.05, 4.69) is 15.6 Å². The molecule has 0 aliphatic rings. The molecule has 0 radical (unpaired) electrons. The van der Waals surface area contributed by atoms with Crippen LogP contribution in [0.25, 0.3) is 11.3 Å². The van der Waals surface area contributed by atoms with E-state index in [-0.39, 0.29) is 17.6 Å². The summed E-state index contributed by atoms with van der Waals surface area (Å²) >= 11 is 2.83. The molecule has 154 valence electrons. The molecule has 2 N–H and O–H groups in total. The molecule has 7 heteroatoms. The van der Waals surface area contributed by atoms with Gasteiger partial charge < -0.3 is 10.6 Å². The summed E-state index contributed by atoms with van der Waals surface area (Å²) in [5.41, 5.74) is 3.18. The van der Waals surface area contributed by atoms with E-state index in [1.165, 1.54) is 23.1 Å². The molecule has 1 heterocycles. The number of hydrogen-bond acceptors (Lipinski definition) is 5. The summed E-state index contributed by atoms with van der Waals surface area (Å²) in [5.74, 6) is 0.00908. The van der Waals surface area contributed by atoms with Gasteiger partial charge in [-0.2, -0.15) is 0 Å². The van der Waals surface area contributed by atoms with Crippen LogP contribution in [0.2, 0.25) is 0 Å². The third-order valence-corrected chi connectivity index (χ3v) is 6.11. The molecule has 0 atom stereocenters. The molecule has 0 bridgehead atoms. The Balaban J connectivity index is 1.27.